The summed E-state index contributed by atoms with van der Waals surface area (Å²) in [6.07, 6.45) is 1.30. The van der Waals surface area contributed by atoms with Crippen LogP contribution in [0.1, 0.15) is 44.7 Å². The Balaban J connectivity index is 1.71. The van der Waals surface area contributed by atoms with Crippen LogP contribution in [0.4, 0.5) is 4.79 Å². The summed E-state index contributed by atoms with van der Waals surface area (Å²) in [7, 11) is 0. The summed E-state index contributed by atoms with van der Waals surface area (Å²) in [5.41, 5.74) is 1.43. The number of aliphatic hydroxyl groups excluding tert-OH is 1. The summed E-state index contributed by atoms with van der Waals surface area (Å²) in [6.45, 7) is 7.08. The third-order valence-electron chi connectivity index (χ3n) is 5.70. The molecule has 1 aliphatic heterocycles. The number of nitrogens with one attached hydrogen (secondary N) is 1. The van der Waals surface area contributed by atoms with Gasteiger partial charge in [0.05, 0.1) is 12.6 Å². The highest BCUT2D eigenvalue weighted by atomic mass is 16.6. The topological polar surface area (TPSA) is 61.8 Å². The second kappa shape index (κ2) is 9.63. The number of carbonyl (C=O) groups excluding carboxylic acids is 1. The van der Waals surface area contributed by atoms with Gasteiger partial charge < -0.3 is 20.1 Å². The predicted molar refractivity (Wildman–Crippen MR) is 119 cm³/mol. The van der Waals surface area contributed by atoms with Crippen LogP contribution < -0.4 is 5.32 Å². The van der Waals surface area contributed by atoms with Crippen molar-refractivity contribution in [3.05, 3.63) is 71.8 Å². The first kappa shape index (κ1) is 22.3. The molecule has 0 saturated carbocycles. The van der Waals surface area contributed by atoms with Crippen molar-refractivity contribution in [3.63, 3.8) is 0 Å². The number of hydrogen-bond acceptors (Lipinski definition) is 4. The molecule has 0 unspecified atom stereocenters. The van der Waals surface area contributed by atoms with Crippen molar-refractivity contribution in [2.45, 2.75) is 63.8 Å². The lowest BCUT2D eigenvalue weighted by molar-refractivity contribution is -0.0348. The van der Waals surface area contributed by atoms with Crippen LogP contribution in [0.5, 0.6) is 0 Å². The van der Waals surface area contributed by atoms with Gasteiger partial charge in [0.1, 0.15) is 5.60 Å². The zero-order valence-electron chi connectivity index (χ0n) is 18.3. The largest absolute Gasteiger partial charge is 0.444 e. The van der Waals surface area contributed by atoms with Gasteiger partial charge in [0, 0.05) is 18.6 Å². The quantitative estimate of drug-likeness (QED) is 0.751. The van der Waals surface area contributed by atoms with E-state index in [-0.39, 0.29) is 12.6 Å². The molecule has 2 atom stereocenters. The molecule has 0 aliphatic carbocycles. The minimum atomic E-state index is -0.675. The molecule has 162 valence electrons. The fraction of sp³-hybridized carbons (Fsp3) is 0.480. The number of amides is 1. The Morgan fingerprint density at radius 3 is 2.27 bits per heavy atom. The number of β-amino-alcohol motifs (C(OH)–C–C–N with tert-alkyl or cyclic N) is 1. The molecule has 5 heteroatoms. The molecule has 0 bridgehead atoms. The summed E-state index contributed by atoms with van der Waals surface area (Å²) in [4.78, 5) is 14.1. The molecule has 30 heavy (non-hydrogen) atoms. The van der Waals surface area contributed by atoms with Gasteiger partial charge >= 0.3 is 6.09 Å². The molecular weight excluding hydrogens is 376 g/mol. The van der Waals surface area contributed by atoms with Gasteiger partial charge in [-0.2, -0.15) is 0 Å². The number of rotatable bonds is 6. The van der Waals surface area contributed by atoms with E-state index in [0.717, 1.165) is 12.8 Å². The normalized spacial score (nSPS) is 22.0. The Labute approximate surface area is 180 Å². The van der Waals surface area contributed by atoms with Gasteiger partial charge in [-0.25, -0.2) is 4.79 Å². The number of aliphatic hydroxyl groups is 1. The van der Waals surface area contributed by atoms with Gasteiger partial charge in [-0.05, 0) is 51.2 Å². The number of hydrogen-bond donors (Lipinski definition) is 2. The first-order valence-electron chi connectivity index (χ1n) is 10.8. The molecule has 1 saturated heterocycles. The van der Waals surface area contributed by atoms with Crippen LogP contribution in [-0.2, 0) is 17.7 Å². The lowest BCUT2D eigenvalue weighted by Crippen LogP contribution is -2.63. The second-order valence-electron chi connectivity index (χ2n) is 9.17. The van der Waals surface area contributed by atoms with Crippen molar-refractivity contribution in [1.29, 1.82) is 0 Å². The maximum absolute atomic E-state index is 12.5. The molecule has 1 amide bonds. The third-order valence-corrected chi connectivity index (χ3v) is 5.70. The molecule has 2 N–H and O–H groups in total. The molecule has 2 aromatic rings. The monoisotopic (exact) mass is 410 g/mol. The Kier molecular flexibility index (Phi) is 7.16. The van der Waals surface area contributed by atoms with Crippen LogP contribution in [-0.4, -0.2) is 46.4 Å². The van der Waals surface area contributed by atoms with E-state index in [1.54, 1.807) is 4.90 Å². The number of piperidine rings is 1. The van der Waals surface area contributed by atoms with Gasteiger partial charge in [0.25, 0.3) is 0 Å². The highest BCUT2D eigenvalue weighted by Gasteiger charge is 2.43. The van der Waals surface area contributed by atoms with Crippen LogP contribution >= 0.6 is 0 Å². The van der Waals surface area contributed by atoms with Crippen LogP contribution in [0.15, 0.2) is 60.7 Å². The van der Waals surface area contributed by atoms with Crippen molar-refractivity contribution in [3.8, 4) is 0 Å². The second-order valence-corrected chi connectivity index (χ2v) is 9.17. The zero-order valence-corrected chi connectivity index (χ0v) is 18.3. The summed E-state index contributed by atoms with van der Waals surface area (Å²) < 4.78 is 5.51. The molecule has 1 heterocycles. The molecule has 3 rings (SSSR count). The van der Waals surface area contributed by atoms with E-state index < -0.39 is 17.2 Å². The van der Waals surface area contributed by atoms with Gasteiger partial charge in [-0.1, -0.05) is 60.7 Å². The van der Waals surface area contributed by atoms with E-state index in [1.165, 1.54) is 11.1 Å². The molecule has 1 aliphatic rings. The maximum atomic E-state index is 12.5. The number of likely N-dealkylation sites (tertiary alicyclic amines) is 1. The van der Waals surface area contributed by atoms with Crippen molar-refractivity contribution in [1.82, 2.24) is 10.2 Å². The number of benzene rings is 2. The van der Waals surface area contributed by atoms with E-state index in [1.807, 2.05) is 57.2 Å². The van der Waals surface area contributed by atoms with E-state index in [0.29, 0.717) is 19.5 Å². The van der Waals surface area contributed by atoms with Crippen molar-refractivity contribution >= 4 is 6.09 Å². The average molecular weight is 411 g/mol. The molecule has 0 radical (unpaired) electrons. The SMILES string of the molecule is CC(C)(C)OC(=O)N1CC[C@](CCc2ccccc2)(NCc2ccccc2)[C@@H](O)C1. The molecule has 0 aromatic heterocycles. The van der Waals surface area contributed by atoms with Crippen molar-refractivity contribution in [2.75, 3.05) is 13.1 Å². The summed E-state index contributed by atoms with van der Waals surface area (Å²) in [5, 5.41) is 14.8. The summed E-state index contributed by atoms with van der Waals surface area (Å²) >= 11 is 0. The molecule has 0 spiro atoms. The molecular formula is C25H34N2O3. The highest BCUT2D eigenvalue weighted by molar-refractivity contribution is 5.68. The number of carbonyl (C=O) groups is 1. The van der Waals surface area contributed by atoms with Crippen molar-refractivity contribution in [2.24, 2.45) is 0 Å². The van der Waals surface area contributed by atoms with Gasteiger partial charge in [0.15, 0.2) is 0 Å². The zero-order chi connectivity index (χ0) is 21.6. The Bertz CT molecular complexity index is 759. The molecule has 2 aromatic carbocycles. The minimum Gasteiger partial charge on any atom is -0.444 e. The lowest BCUT2D eigenvalue weighted by Gasteiger charge is -2.46. The minimum absolute atomic E-state index is 0.269. The highest BCUT2D eigenvalue weighted by Crippen LogP contribution is 2.29. The Morgan fingerprint density at radius 2 is 1.70 bits per heavy atom. The molecule has 1 fully saturated rings. The number of ether oxygens (including phenoxy) is 1. The predicted octanol–water partition coefficient (Wildman–Crippen LogP) is 4.15. The van der Waals surface area contributed by atoms with Crippen LogP contribution in [0.2, 0.25) is 0 Å². The van der Waals surface area contributed by atoms with E-state index in [2.05, 4.69) is 29.6 Å². The van der Waals surface area contributed by atoms with Gasteiger partial charge in [-0.3, -0.25) is 0 Å². The van der Waals surface area contributed by atoms with Crippen LogP contribution in [0, 0.1) is 0 Å². The number of nitrogens with zero attached hydrogens (tertiary/aromatic N) is 1. The van der Waals surface area contributed by atoms with Crippen molar-refractivity contribution < 1.29 is 14.6 Å². The van der Waals surface area contributed by atoms with Gasteiger partial charge in [-0.15, -0.1) is 0 Å². The maximum Gasteiger partial charge on any atom is 0.410 e. The fourth-order valence-corrected chi connectivity index (χ4v) is 3.94. The Hall–Kier alpha value is -2.37. The smallest absolute Gasteiger partial charge is 0.410 e. The first-order chi connectivity index (χ1) is 14.3. The number of aryl methyl sites for hydroxylation is 1. The van der Waals surface area contributed by atoms with E-state index >= 15 is 0 Å². The lowest BCUT2D eigenvalue weighted by atomic mass is 9.79. The van der Waals surface area contributed by atoms with Crippen LogP contribution in [0.3, 0.4) is 0 Å². The third kappa shape index (κ3) is 6.07. The van der Waals surface area contributed by atoms with Gasteiger partial charge in [0.2, 0.25) is 0 Å². The van der Waals surface area contributed by atoms with Crippen LogP contribution in [0.25, 0.3) is 0 Å². The first-order valence-corrected chi connectivity index (χ1v) is 10.8. The summed E-state index contributed by atoms with van der Waals surface area (Å²) in [6, 6.07) is 20.6. The standard InChI is InChI=1S/C25H34N2O3/c1-24(2,3)30-23(29)27-17-16-25(22(28)19-27,15-14-20-10-6-4-7-11-20)26-18-21-12-8-5-9-13-21/h4-13,22,26,28H,14-19H2,1-3H3/t22-,25-/m0/s1. The Morgan fingerprint density at radius 1 is 1.10 bits per heavy atom. The summed E-state index contributed by atoms with van der Waals surface area (Å²) in [5.74, 6) is 0. The fourth-order valence-electron chi connectivity index (χ4n) is 3.94. The van der Waals surface area contributed by atoms with E-state index in [4.69, 9.17) is 4.74 Å². The average Bonchev–Trinajstić information content (AvgIpc) is 2.72. The molecule has 5 nitrogen and oxygen atoms in total. The van der Waals surface area contributed by atoms with E-state index in [9.17, 15) is 9.90 Å².